The van der Waals surface area contributed by atoms with Crippen molar-refractivity contribution in [3.63, 3.8) is 0 Å². The van der Waals surface area contributed by atoms with E-state index in [4.69, 9.17) is 5.73 Å². The van der Waals surface area contributed by atoms with Gasteiger partial charge < -0.3 is 16.0 Å². The Morgan fingerprint density at radius 3 is 2.94 bits per heavy atom. The highest BCUT2D eigenvalue weighted by molar-refractivity contribution is 5.64. The van der Waals surface area contributed by atoms with Crippen LogP contribution in [0.25, 0.3) is 0 Å². The summed E-state index contributed by atoms with van der Waals surface area (Å²) in [4.78, 5) is 6.49. The van der Waals surface area contributed by atoms with Crippen molar-refractivity contribution in [3.05, 3.63) is 18.5 Å². The van der Waals surface area contributed by atoms with Crippen molar-refractivity contribution < 1.29 is 0 Å². The van der Waals surface area contributed by atoms with E-state index in [0.29, 0.717) is 0 Å². The Morgan fingerprint density at radius 1 is 1.38 bits per heavy atom. The van der Waals surface area contributed by atoms with Crippen molar-refractivity contribution in [1.29, 1.82) is 0 Å². The van der Waals surface area contributed by atoms with Gasteiger partial charge in [-0.2, -0.15) is 0 Å². The van der Waals surface area contributed by atoms with E-state index in [1.165, 1.54) is 38.9 Å². The third-order valence-corrected chi connectivity index (χ3v) is 3.02. The largest absolute Gasteiger partial charge is 0.396 e. The van der Waals surface area contributed by atoms with Gasteiger partial charge in [-0.15, -0.1) is 0 Å². The molecule has 0 aliphatic carbocycles. The molecule has 16 heavy (non-hydrogen) atoms. The first-order valence-corrected chi connectivity index (χ1v) is 6.02. The lowest BCUT2D eigenvalue weighted by Crippen LogP contribution is -2.22. The molecule has 0 saturated carbocycles. The van der Waals surface area contributed by atoms with Gasteiger partial charge in [-0.3, -0.25) is 4.98 Å². The Hall–Kier alpha value is -1.29. The average Bonchev–Trinajstić information content (AvgIpc) is 2.79. The molecule has 1 fully saturated rings. The smallest absolute Gasteiger partial charge is 0.0736 e. The number of hydrogen-bond donors (Lipinski definition) is 2. The summed E-state index contributed by atoms with van der Waals surface area (Å²) in [6, 6.07) is 1.92. The SMILES string of the molecule is Nc1cnccc1NCCCN1CCCC1. The minimum Gasteiger partial charge on any atom is -0.396 e. The summed E-state index contributed by atoms with van der Waals surface area (Å²) in [5.74, 6) is 0. The van der Waals surface area contributed by atoms with Gasteiger partial charge in [0.05, 0.1) is 17.6 Å². The van der Waals surface area contributed by atoms with Crippen molar-refractivity contribution >= 4 is 11.4 Å². The number of rotatable bonds is 5. The summed E-state index contributed by atoms with van der Waals surface area (Å²) in [6.07, 6.45) is 7.35. The second-order valence-corrected chi connectivity index (χ2v) is 4.29. The Kier molecular flexibility index (Phi) is 3.99. The summed E-state index contributed by atoms with van der Waals surface area (Å²) < 4.78 is 0. The monoisotopic (exact) mass is 220 g/mol. The lowest BCUT2D eigenvalue weighted by molar-refractivity contribution is 0.337. The fraction of sp³-hybridized carbons (Fsp3) is 0.583. The number of likely N-dealkylation sites (tertiary alicyclic amines) is 1. The Bertz CT molecular complexity index is 321. The number of nitrogens with one attached hydrogen (secondary N) is 1. The van der Waals surface area contributed by atoms with Crippen molar-refractivity contribution in [2.45, 2.75) is 19.3 Å². The number of nitrogens with two attached hydrogens (primary N) is 1. The van der Waals surface area contributed by atoms with E-state index < -0.39 is 0 Å². The molecule has 1 saturated heterocycles. The van der Waals surface area contributed by atoms with Crippen LogP contribution in [0.3, 0.4) is 0 Å². The van der Waals surface area contributed by atoms with Crippen LogP contribution in [0.2, 0.25) is 0 Å². The van der Waals surface area contributed by atoms with E-state index in [2.05, 4.69) is 15.2 Å². The van der Waals surface area contributed by atoms with Crippen molar-refractivity contribution in [3.8, 4) is 0 Å². The van der Waals surface area contributed by atoms with Gasteiger partial charge in [0, 0.05) is 12.7 Å². The molecule has 0 bridgehead atoms. The molecule has 0 radical (unpaired) electrons. The van der Waals surface area contributed by atoms with Crippen LogP contribution >= 0.6 is 0 Å². The van der Waals surface area contributed by atoms with E-state index >= 15 is 0 Å². The molecule has 3 N–H and O–H groups in total. The van der Waals surface area contributed by atoms with Crippen molar-refractivity contribution in [2.75, 3.05) is 37.2 Å². The zero-order valence-corrected chi connectivity index (χ0v) is 9.65. The highest BCUT2D eigenvalue weighted by atomic mass is 15.1. The average molecular weight is 220 g/mol. The molecule has 1 aliphatic rings. The summed E-state index contributed by atoms with van der Waals surface area (Å²) in [5, 5.41) is 3.35. The predicted molar refractivity (Wildman–Crippen MR) is 67.4 cm³/mol. The predicted octanol–water partition coefficient (Wildman–Crippen LogP) is 1.56. The summed E-state index contributed by atoms with van der Waals surface area (Å²) in [6.45, 7) is 4.72. The first kappa shape index (κ1) is 11.2. The first-order chi connectivity index (χ1) is 7.86. The molecule has 1 aromatic heterocycles. The third-order valence-electron chi connectivity index (χ3n) is 3.02. The van der Waals surface area contributed by atoms with Gasteiger partial charge in [0.25, 0.3) is 0 Å². The highest BCUT2D eigenvalue weighted by Crippen LogP contribution is 2.15. The molecule has 2 heterocycles. The molecule has 0 aromatic carbocycles. The topological polar surface area (TPSA) is 54.2 Å². The lowest BCUT2D eigenvalue weighted by Gasteiger charge is -2.15. The Labute approximate surface area is 96.8 Å². The summed E-state index contributed by atoms with van der Waals surface area (Å²) in [7, 11) is 0. The number of nitrogen functional groups attached to an aromatic ring is 1. The second kappa shape index (κ2) is 5.70. The fourth-order valence-electron chi connectivity index (χ4n) is 2.10. The Morgan fingerprint density at radius 2 is 2.19 bits per heavy atom. The summed E-state index contributed by atoms with van der Waals surface area (Å²) >= 11 is 0. The summed E-state index contributed by atoms with van der Waals surface area (Å²) in [5.41, 5.74) is 7.51. The van der Waals surface area contributed by atoms with E-state index in [9.17, 15) is 0 Å². The molecule has 1 aliphatic heterocycles. The molecule has 0 amide bonds. The van der Waals surface area contributed by atoms with Crippen LogP contribution < -0.4 is 11.1 Å². The number of hydrogen-bond acceptors (Lipinski definition) is 4. The molecular weight excluding hydrogens is 200 g/mol. The van der Waals surface area contributed by atoms with Crippen LogP contribution in [-0.2, 0) is 0 Å². The normalized spacial score (nSPS) is 16.5. The van der Waals surface area contributed by atoms with Crippen LogP contribution in [0.5, 0.6) is 0 Å². The van der Waals surface area contributed by atoms with Gasteiger partial charge >= 0.3 is 0 Å². The van der Waals surface area contributed by atoms with Crippen molar-refractivity contribution in [2.24, 2.45) is 0 Å². The van der Waals surface area contributed by atoms with E-state index in [1.54, 1.807) is 12.4 Å². The fourth-order valence-corrected chi connectivity index (χ4v) is 2.10. The maximum absolute atomic E-state index is 5.79. The third kappa shape index (κ3) is 3.10. The Balaban J connectivity index is 1.66. The van der Waals surface area contributed by atoms with E-state index in [1.807, 2.05) is 6.07 Å². The molecule has 4 heteroatoms. The molecule has 0 atom stereocenters. The molecule has 1 aromatic rings. The maximum atomic E-state index is 5.79. The number of pyridine rings is 1. The quantitative estimate of drug-likeness (QED) is 0.739. The highest BCUT2D eigenvalue weighted by Gasteiger charge is 2.09. The zero-order valence-electron chi connectivity index (χ0n) is 9.65. The van der Waals surface area contributed by atoms with Crippen molar-refractivity contribution in [1.82, 2.24) is 9.88 Å². The number of aromatic nitrogens is 1. The molecule has 88 valence electrons. The second-order valence-electron chi connectivity index (χ2n) is 4.29. The minimum atomic E-state index is 0.726. The molecule has 0 spiro atoms. The van der Waals surface area contributed by atoms with Crippen LogP contribution in [-0.4, -0.2) is 36.1 Å². The maximum Gasteiger partial charge on any atom is 0.0736 e. The van der Waals surface area contributed by atoms with Gasteiger partial charge in [-0.1, -0.05) is 0 Å². The molecule has 0 unspecified atom stereocenters. The molecular formula is C12H20N4. The standard InChI is InChI=1S/C12H20N4/c13-11-10-14-6-4-12(11)15-5-3-9-16-7-1-2-8-16/h4,6,10H,1-3,5,7-9,13H2,(H,14,15). The molecule has 4 nitrogen and oxygen atoms in total. The van der Waals surface area contributed by atoms with Gasteiger partial charge in [-0.05, 0) is 45.0 Å². The van der Waals surface area contributed by atoms with Crippen LogP contribution in [0.4, 0.5) is 11.4 Å². The van der Waals surface area contributed by atoms with Gasteiger partial charge in [-0.25, -0.2) is 0 Å². The van der Waals surface area contributed by atoms with E-state index in [0.717, 1.165) is 17.9 Å². The minimum absolute atomic E-state index is 0.726. The number of nitrogens with zero attached hydrogens (tertiary/aromatic N) is 2. The van der Waals surface area contributed by atoms with Gasteiger partial charge in [0.2, 0.25) is 0 Å². The molecule has 2 rings (SSSR count). The zero-order chi connectivity index (χ0) is 11.2. The van der Waals surface area contributed by atoms with Gasteiger partial charge in [0.15, 0.2) is 0 Å². The number of anilines is 2. The first-order valence-electron chi connectivity index (χ1n) is 6.02. The lowest BCUT2D eigenvalue weighted by atomic mass is 10.3. The van der Waals surface area contributed by atoms with E-state index in [-0.39, 0.29) is 0 Å². The van der Waals surface area contributed by atoms with Crippen LogP contribution in [0.1, 0.15) is 19.3 Å². The van der Waals surface area contributed by atoms with Gasteiger partial charge in [0.1, 0.15) is 0 Å². The van der Waals surface area contributed by atoms with Crippen LogP contribution in [0.15, 0.2) is 18.5 Å². The van der Waals surface area contributed by atoms with Crippen LogP contribution in [0, 0.1) is 0 Å².